The number of aryl methyl sites for hydroxylation is 2. The van der Waals surface area contributed by atoms with Gasteiger partial charge < -0.3 is 4.74 Å². The molecular formula is C23H28N4O. The van der Waals surface area contributed by atoms with Gasteiger partial charge in [0.05, 0.1) is 17.5 Å². The fourth-order valence-electron chi connectivity index (χ4n) is 4.12. The van der Waals surface area contributed by atoms with E-state index in [1.54, 1.807) is 0 Å². The predicted octanol–water partition coefficient (Wildman–Crippen LogP) is 4.07. The molecule has 0 N–H and O–H groups in total. The molecule has 1 fully saturated rings. The first-order valence-corrected chi connectivity index (χ1v) is 10.0. The van der Waals surface area contributed by atoms with Crippen molar-refractivity contribution in [3.05, 3.63) is 77.4 Å². The summed E-state index contributed by atoms with van der Waals surface area (Å²) in [6.07, 6.45) is 8.32. The van der Waals surface area contributed by atoms with Crippen molar-refractivity contribution in [1.29, 1.82) is 0 Å². The van der Waals surface area contributed by atoms with E-state index in [4.69, 9.17) is 4.74 Å². The first-order chi connectivity index (χ1) is 13.7. The molecule has 5 nitrogen and oxygen atoms in total. The van der Waals surface area contributed by atoms with Crippen molar-refractivity contribution in [1.82, 2.24) is 19.7 Å². The summed E-state index contributed by atoms with van der Waals surface area (Å²) in [6, 6.07) is 12.6. The lowest BCUT2D eigenvalue weighted by atomic mass is 10.0. The van der Waals surface area contributed by atoms with Crippen molar-refractivity contribution in [2.75, 3.05) is 13.2 Å². The number of hydrogen-bond donors (Lipinski definition) is 0. The molecule has 1 atom stereocenters. The third-order valence-electron chi connectivity index (χ3n) is 5.25. The molecule has 28 heavy (non-hydrogen) atoms. The van der Waals surface area contributed by atoms with Gasteiger partial charge in [-0.25, -0.2) is 4.68 Å². The van der Waals surface area contributed by atoms with Gasteiger partial charge in [0, 0.05) is 44.8 Å². The molecule has 1 aliphatic heterocycles. The van der Waals surface area contributed by atoms with Crippen molar-refractivity contribution in [2.45, 2.75) is 45.9 Å². The molecular weight excluding hydrogens is 348 g/mol. The Morgan fingerprint density at radius 3 is 2.79 bits per heavy atom. The molecule has 0 aliphatic carbocycles. The average Bonchev–Trinajstić information content (AvgIpc) is 3.36. The van der Waals surface area contributed by atoms with Gasteiger partial charge in [-0.3, -0.25) is 9.88 Å². The van der Waals surface area contributed by atoms with Gasteiger partial charge in [0.2, 0.25) is 0 Å². The Labute approximate surface area is 167 Å². The average molecular weight is 377 g/mol. The van der Waals surface area contributed by atoms with Crippen molar-refractivity contribution in [3.63, 3.8) is 0 Å². The molecule has 0 bridgehead atoms. The number of rotatable bonds is 7. The SMILES string of the molecule is Cc1cc(C)c(-n2cccn2)c(CN(Cc2ccccn2)CC2CCCO2)c1. The number of benzene rings is 1. The molecule has 1 saturated heterocycles. The Morgan fingerprint density at radius 2 is 2.07 bits per heavy atom. The Morgan fingerprint density at radius 1 is 1.14 bits per heavy atom. The molecule has 3 heterocycles. The third kappa shape index (κ3) is 4.49. The van der Waals surface area contributed by atoms with E-state index in [1.165, 1.54) is 22.4 Å². The fraction of sp³-hybridized carbons (Fsp3) is 0.391. The highest BCUT2D eigenvalue weighted by molar-refractivity contribution is 5.49. The number of nitrogens with zero attached hydrogens (tertiary/aromatic N) is 4. The molecule has 0 radical (unpaired) electrons. The maximum absolute atomic E-state index is 5.93. The van der Waals surface area contributed by atoms with E-state index in [1.807, 2.05) is 35.4 Å². The van der Waals surface area contributed by atoms with E-state index in [0.717, 1.165) is 44.8 Å². The van der Waals surface area contributed by atoms with Gasteiger partial charge in [-0.05, 0) is 56.0 Å². The molecule has 0 spiro atoms. The standard InChI is InChI=1S/C23H28N4O/c1-18-13-19(2)23(27-11-6-10-25-27)20(14-18)15-26(17-22-8-5-12-28-22)16-21-7-3-4-9-24-21/h3-4,6-7,9-11,13-14,22H,5,8,12,15-17H2,1-2H3. The molecule has 5 heteroatoms. The number of aromatic nitrogens is 3. The van der Waals surface area contributed by atoms with Gasteiger partial charge in [-0.1, -0.05) is 23.8 Å². The van der Waals surface area contributed by atoms with Gasteiger partial charge in [-0.2, -0.15) is 5.10 Å². The van der Waals surface area contributed by atoms with Crippen LogP contribution in [0.4, 0.5) is 0 Å². The fourth-order valence-corrected chi connectivity index (χ4v) is 4.12. The maximum Gasteiger partial charge on any atom is 0.0719 e. The minimum atomic E-state index is 0.308. The van der Waals surface area contributed by atoms with Crippen LogP contribution in [0.15, 0.2) is 55.0 Å². The molecule has 0 amide bonds. The first kappa shape index (κ1) is 18.8. The zero-order valence-corrected chi connectivity index (χ0v) is 16.7. The molecule has 1 aliphatic rings. The number of pyridine rings is 1. The van der Waals surface area contributed by atoms with Crippen LogP contribution in [0.3, 0.4) is 0 Å². The van der Waals surface area contributed by atoms with E-state index >= 15 is 0 Å². The summed E-state index contributed by atoms with van der Waals surface area (Å²) >= 11 is 0. The monoisotopic (exact) mass is 376 g/mol. The lowest BCUT2D eigenvalue weighted by Gasteiger charge is -2.26. The summed E-state index contributed by atoms with van der Waals surface area (Å²) in [4.78, 5) is 7.00. The molecule has 1 unspecified atom stereocenters. The predicted molar refractivity (Wildman–Crippen MR) is 110 cm³/mol. The smallest absolute Gasteiger partial charge is 0.0719 e. The highest BCUT2D eigenvalue weighted by Crippen LogP contribution is 2.24. The summed E-state index contributed by atoms with van der Waals surface area (Å²) in [5, 5.41) is 4.49. The highest BCUT2D eigenvalue weighted by Gasteiger charge is 2.21. The van der Waals surface area contributed by atoms with Crippen LogP contribution in [0.25, 0.3) is 5.69 Å². The number of hydrogen-bond acceptors (Lipinski definition) is 4. The molecule has 1 aromatic carbocycles. The van der Waals surface area contributed by atoms with Crippen LogP contribution in [0.1, 0.15) is 35.2 Å². The maximum atomic E-state index is 5.93. The van der Waals surface area contributed by atoms with Crippen LogP contribution in [0.5, 0.6) is 0 Å². The Kier molecular flexibility index (Phi) is 5.84. The van der Waals surface area contributed by atoms with E-state index in [2.05, 4.69) is 53.1 Å². The van der Waals surface area contributed by atoms with Gasteiger partial charge >= 0.3 is 0 Å². The molecule has 4 rings (SSSR count). The van der Waals surface area contributed by atoms with Crippen molar-refractivity contribution < 1.29 is 4.74 Å². The topological polar surface area (TPSA) is 43.2 Å². The zero-order chi connectivity index (χ0) is 19.3. The normalized spacial score (nSPS) is 16.8. The van der Waals surface area contributed by atoms with Crippen LogP contribution in [0.2, 0.25) is 0 Å². The molecule has 2 aromatic heterocycles. The zero-order valence-electron chi connectivity index (χ0n) is 16.7. The largest absolute Gasteiger partial charge is 0.377 e. The summed E-state index contributed by atoms with van der Waals surface area (Å²) in [6.45, 7) is 7.77. The van der Waals surface area contributed by atoms with E-state index in [-0.39, 0.29) is 0 Å². The van der Waals surface area contributed by atoms with Gasteiger partial charge in [0.25, 0.3) is 0 Å². The van der Waals surface area contributed by atoms with Gasteiger partial charge in [0.15, 0.2) is 0 Å². The summed E-state index contributed by atoms with van der Waals surface area (Å²) < 4.78 is 7.91. The Balaban J connectivity index is 1.64. The van der Waals surface area contributed by atoms with Gasteiger partial charge in [0.1, 0.15) is 0 Å². The molecule has 3 aromatic rings. The second-order valence-corrected chi connectivity index (χ2v) is 7.67. The summed E-state index contributed by atoms with van der Waals surface area (Å²) in [7, 11) is 0. The van der Waals surface area contributed by atoms with Crippen LogP contribution < -0.4 is 0 Å². The number of ether oxygens (including phenoxy) is 1. The van der Waals surface area contributed by atoms with Crippen molar-refractivity contribution in [2.24, 2.45) is 0 Å². The summed E-state index contributed by atoms with van der Waals surface area (Å²) in [5.74, 6) is 0. The Bertz CT molecular complexity index is 886. The molecule has 146 valence electrons. The molecule has 0 saturated carbocycles. The van der Waals surface area contributed by atoms with Crippen molar-refractivity contribution >= 4 is 0 Å². The van der Waals surface area contributed by atoms with Crippen LogP contribution in [-0.2, 0) is 17.8 Å². The highest BCUT2D eigenvalue weighted by atomic mass is 16.5. The summed E-state index contributed by atoms with van der Waals surface area (Å²) in [5.41, 5.74) is 6.07. The minimum absolute atomic E-state index is 0.308. The second-order valence-electron chi connectivity index (χ2n) is 7.67. The quantitative estimate of drug-likeness (QED) is 0.624. The van der Waals surface area contributed by atoms with E-state index in [0.29, 0.717) is 6.10 Å². The van der Waals surface area contributed by atoms with Crippen LogP contribution in [-0.4, -0.2) is 38.9 Å². The van der Waals surface area contributed by atoms with Crippen molar-refractivity contribution in [3.8, 4) is 5.69 Å². The minimum Gasteiger partial charge on any atom is -0.377 e. The lowest BCUT2D eigenvalue weighted by Crippen LogP contribution is -2.32. The lowest BCUT2D eigenvalue weighted by molar-refractivity contribution is 0.0674. The first-order valence-electron chi connectivity index (χ1n) is 10.0. The van der Waals surface area contributed by atoms with Crippen LogP contribution >= 0.6 is 0 Å². The second kappa shape index (κ2) is 8.67. The third-order valence-corrected chi connectivity index (χ3v) is 5.25. The van der Waals surface area contributed by atoms with E-state index < -0.39 is 0 Å². The van der Waals surface area contributed by atoms with Gasteiger partial charge in [-0.15, -0.1) is 0 Å². The Hall–Kier alpha value is -2.50. The van der Waals surface area contributed by atoms with Crippen LogP contribution in [0, 0.1) is 13.8 Å². The van der Waals surface area contributed by atoms with E-state index in [9.17, 15) is 0 Å².